The van der Waals surface area contributed by atoms with Crippen molar-refractivity contribution in [2.75, 3.05) is 46.3 Å². The maximum Gasteiger partial charge on any atom is 0.263 e. The second kappa shape index (κ2) is 7.67. The zero-order valence-electron chi connectivity index (χ0n) is 12.0. The van der Waals surface area contributed by atoms with Crippen LogP contribution in [0.1, 0.15) is 17.6 Å². The third-order valence-corrected chi connectivity index (χ3v) is 3.76. The minimum absolute atomic E-state index is 0.0891. The number of hydrogen-bond acceptors (Lipinski definition) is 3. The molecule has 1 heterocycles. The van der Waals surface area contributed by atoms with Gasteiger partial charge >= 0.3 is 0 Å². The zero-order chi connectivity index (χ0) is 14.4. The van der Waals surface area contributed by atoms with E-state index in [1.54, 1.807) is 12.1 Å². The van der Waals surface area contributed by atoms with Crippen LogP contribution < -0.4 is 5.32 Å². The molecule has 5 heteroatoms. The van der Waals surface area contributed by atoms with Crippen LogP contribution >= 0.6 is 0 Å². The predicted molar refractivity (Wildman–Crippen MR) is 77.0 cm³/mol. The van der Waals surface area contributed by atoms with Crippen molar-refractivity contribution in [2.24, 2.45) is 0 Å². The summed E-state index contributed by atoms with van der Waals surface area (Å²) in [5.74, 6) is 0. The Kier molecular flexibility index (Phi) is 5.88. The highest BCUT2D eigenvalue weighted by Crippen LogP contribution is 2.18. The lowest BCUT2D eigenvalue weighted by molar-refractivity contribution is 0.151. The van der Waals surface area contributed by atoms with Gasteiger partial charge in [-0.15, -0.1) is 0 Å². The number of likely N-dealkylation sites (N-methyl/N-ethyl adjacent to an activating group) is 1. The minimum Gasteiger partial charge on any atom is -0.311 e. The van der Waals surface area contributed by atoms with Crippen LogP contribution in [0.4, 0.5) is 8.78 Å². The first-order valence-corrected chi connectivity index (χ1v) is 7.14. The molecule has 1 saturated heterocycles. The van der Waals surface area contributed by atoms with Gasteiger partial charge in [0.2, 0.25) is 0 Å². The molecule has 1 aliphatic rings. The summed E-state index contributed by atoms with van der Waals surface area (Å²) in [6, 6.07) is 6.54. The molecule has 20 heavy (non-hydrogen) atoms. The van der Waals surface area contributed by atoms with Crippen molar-refractivity contribution < 1.29 is 8.78 Å². The monoisotopic (exact) mass is 283 g/mol. The first-order chi connectivity index (χ1) is 9.65. The van der Waals surface area contributed by atoms with E-state index in [0.29, 0.717) is 0 Å². The van der Waals surface area contributed by atoms with Gasteiger partial charge < -0.3 is 10.2 Å². The number of halogens is 2. The fraction of sp³-hybridized carbons (Fsp3) is 0.600. The fourth-order valence-corrected chi connectivity index (χ4v) is 2.32. The molecular weight excluding hydrogens is 260 g/mol. The van der Waals surface area contributed by atoms with Crippen molar-refractivity contribution >= 4 is 0 Å². The molecule has 2 rings (SSSR count). The number of piperazine rings is 1. The average molecular weight is 283 g/mol. The fourth-order valence-electron chi connectivity index (χ4n) is 2.32. The smallest absolute Gasteiger partial charge is 0.263 e. The van der Waals surface area contributed by atoms with Gasteiger partial charge in [0.05, 0.1) is 0 Å². The first-order valence-electron chi connectivity index (χ1n) is 7.14. The van der Waals surface area contributed by atoms with E-state index in [-0.39, 0.29) is 5.56 Å². The molecule has 1 aliphatic heterocycles. The van der Waals surface area contributed by atoms with E-state index in [9.17, 15) is 8.78 Å². The molecule has 0 aliphatic carbocycles. The van der Waals surface area contributed by atoms with E-state index in [4.69, 9.17) is 0 Å². The molecule has 1 fully saturated rings. The van der Waals surface area contributed by atoms with Gasteiger partial charge in [0.1, 0.15) is 0 Å². The number of nitrogens with zero attached hydrogens (tertiary/aromatic N) is 2. The Balaban J connectivity index is 1.63. The van der Waals surface area contributed by atoms with Crippen molar-refractivity contribution in [2.45, 2.75) is 13.0 Å². The summed E-state index contributed by atoms with van der Waals surface area (Å²) < 4.78 is 24.8. The minimum atomic E-state index is -2.38. The molecule has 0 bridgehead atoms. The van der Waals surface area contributed by atoms with E-state index >= 15 is 0 Å². The Morgan fingerprint density at radius 3 is 2.35 bits per heavy atom. The standard InChI is InChI=1S/C15H23F2N3/c1-19-8-10-20(11-9-19)7-6-18-12-13-2-4-14(5-3-13)15(16)17/h2-5,15,18H,6-12H2,1H3. The molecule has 0 spiro atoms. The molecule has 0 radical (unpaired) electrons. The van der Waals surface area contributed by atoms with Crippen LogP contribution in [0.3, 0.4) is 0 Å². The van der Waals surface area contributed by atoms with Crippen LogP contribution in [0.2, 0.25) is 0 Å². The molecule has 0 atom stereocenters. The number of benzene rings is 1. The summed E-state index contributed by atoms with van der Waals surface area (Å²) in [6.07, 6.45) is -2.38. The highest BCUT2D eigenvalue weighted by Gasteiger charge is 2.12. The first kappa shape index (κ1) is 15.4. The maximum absolute atomic E-state index is 12.4. The molecule has 1 aromatic rings. The van der Waals surface area contributed by atoms with Crippen LogP contribution in [0.5, 0.6) is 0 Å². The quantitative estimate of drug-likeness (QED) is 0.805. The summed E-state index contributed by atoms with van der Waals surface area (Å²) in [7, 11) is 2.15. The van der Waals surface area contributed by atoms with Crippen LogP contribution in [0, 0.1) is 0 Å². The van der Waals surface area contributed by atoms with Crippen molar-refractivity contribution in [3.05, 3.63) is 35.4 Å². The van der Waals surface area contributed by atoms with Gasteiger partial charge in [-0.2, -0.15) is 0 Å². The lowest BCUT2D eigenvalue weighted by Gasteiger charge is -2.32. The predicted octanol–water partition coefficient (Wildman–Crippen LogP) is 1.96. The molecular formula is C15H23F2N3. The van der Waals surface area contributed by atoms with Crippen molar-refractivity contribution in [3.8, 4) is 0 Å². The maximum atomic E-state index is 12.4. The average Bonchev–Trinajstić information content (AvgIpc) is 2.46. The normalized spacial score (nSPS) is 17.8. The SMILES string of the molecule is CN1CCN(CCNCc2ccc(C(F)F)cc2)CC1. The lowest BCUT2D eigenvalue weighted by Crippen LogP contribution is -2.46. The van der Waals surface area contributed by atoms with E-state index in [1.165, 1.54) is 12.1 Å². The third-order valence-electron chi connectivity index (χ3n) is 3.76. The molecule has 1 N–H and O–H groups in total. The largest absolute Gasteiger partial charge is 0.311 e. The summed E-state index contributed by atoms with van der Waals surface area (Å²) in [6.45, 7) is 7.23. The number of hydrogen-bond donors (Lipinski definition) is 1. The van der Waals surface area contributed by atoms with Gasteiger partial charge in [-0.3, -0.25) is 4.90 Å². The second-order valence-corrected chi connectivity index (χ2v) is 5.36. The van der Waals surface area contributed by atoms with Crippen LogP contribution in [-0.2, 0) is 6.54 Å². The number of rotatable bonds is 6. The molecule has 0 amide bonds. The van der Waals surface area contributed by atoms with Gasteiger partial charge in [-0.25, -0.2) is 8.78 Å². The van der Waals surface area contributed by atoms with Crippen LogP contribution in [0.25, 0.3) is 0 Å². The van der Waals surface area contributed by atoms with Crippen LogP contribution in [0.15, 0.2) is 24.3 Å². The second-order valence-electron chi connectivity index (χ2n) is 5.36. The number of nitrogens with one attached hydrogen (secondary N) is 1. The summed E-state index contributed by atoms with van der Waals surface area (Å²) >= 11 is 0. The Bertz CT molecular complexity index is 387. The van der Waals surface area contributed by atoms with Crippen molar-refractivity contribution in [3.63, 3.8) is 0 Å². The molecule has 0 unspecified atom stereocenters. The van der Waals surface area contributed by atoms with Gasteiger partial charge in [0.15, 0.2) is 0 Å². The highest BCUT2D eigenvalue weighted by molar-refractivity contribution is 5.23. The highest BCUT2D eigenvalue weighted by atomic mass is 19.3. The Morgan fingerprint density at radius 1 is 1.10 bits per heavy atom. The van der Waals surface area contributed by atoms with Crippen molar-refractivity contribution in [1.82, 2.24) is 15.1 Å². The van der Waals surface area contributed by atoms with Gasteiger partial charge in [-0.05, 0) is 12.6 Å². The van der Waals surface area contributed by atoms with Gasteiger partial charge in [0, 0.05) is 51.4 Å². The van der Waals surface area contributed by atoms with Gasteiger partial charge in [0.25, 0.3) is 6.43 Å². The topological polar surface area (TPSA) is 18.5 Å². The summed E-state index contributed by atoms with van der Waals surface area (Å²) in [5, 5.41) is 3.37. The molecule has 3 nitrogen and oxygen atoms in total. The molecule has 0 saturated carbocycles. The van der Waals surface area contributed by atoms with Gasteiger partial charge in [-0.1, -0.05) is 24.3 Å². The number of alkyl halides is 2. The van der Waals surface area contributed by atoms with E-state index in [0.717, 1.165) is 51.4 Å². The summed E-state index contributed by atoms with van der Waals surface area (Å²) in [5.41, 5.74) is 1.14. The van der Waals surface area contributed by atoms with E-state index in [2.05, 4.69) is 22.2 Å². The Morgan fingerprint density at radius 2 is 1.75 bits per heavy atom. The molecule has 112 valence electrons. The Labute approximate surface area is 119 Å². The zero-order valence-corrected chi connectivity index (χ0v) is 12.0. The van der Waals surface area contributed by atoms with Crippen molar-refractivity contribution in [1.29, 1.82) is 0 Å². The third kappa shape index (κ3) is 4.81. The Hall–Kier alpha value is -1.04. The lowest BCUT2D eigenvalue weighted by atomic mass is 10.1. The summed E-state index contributed by atoms with van der Waals surface area (Å²) in [4.78, 5) is 4.79. The van der Waals surface area contributed by atoms with E-state index in [1.807, 2.05) is 0 Å². The molecule has 1 aromatic carbocycles. The van der Waals surface area contributed by atoms with E-state index < -0.39 is 6.43 Å². The molecule has 0 aromatic heterocycles. The van der Waals surface area contributed by atoms with Crippen LogP contribution in [-0.4, -0.2) is 56.1 Å².